The van der Waals surface area contributed by atoms with Crippen LogP contribution in [0.15, 0.2) is 37.4 Å². The van der Waals surface area contributed by atoms with E-state index in [1.165, 1.54) is 0 Å². The third-order valence-corrected chi connectivity index (χ3v) is 8.00. The van der Waals surface area contributed by atoms with Gasteiger partial charge in [-0.15, -0.1) is 0 Å². The van der Waals surface area contributed by atoms with Crippen LogP contribution in [-0.2, 0) is 4.43 Å². The molecule has 18 heavy (non-hydrogen) atoms. The van der Waals surface area contributed by atoms with E-state index >= 15 is 0 Å². The van der Waals surface area contributed by atoms with Gasteiger partial charge in [-0.25, -0.2) is 0 Å². The van der Waals surface area contributed by atoms with Crippen molar-refractivity contribution in [3.05, 3.63) is 48.6 Å². The molecule has 0 radical (unpaired) electrons. The predicted molar refractivity (Wildman–Crippen MR) is 83.8 cm³/mol. The van der Waals surface area contributed by atoms with E-state index in [-0.39, 0.29) is 5.04 Å². The lowest BCUT2D eigenvalue weighted by Crippen LogP contribution is -2.40. The second-order valence-corrected chi connectivity index (χ2v) is 10.8. The number of rotatable bonds is 4. The molecule has 0 aliphatic heterocycles. The molecule has 1 aromatic rings. The molecule has 0 aliphatic rings. The first-order valence-corrected chi connectivity index (χ1v) is 9.19. The average Bonchev–Trinajstić information content (AvgIpc) is 2.27. The van der Waals surface area contributed by atoms with Crippen LogP contribution in [0.1, 0.15) is 31.9 Å². The Hall–Kier alpha value is -1.28. The molecule has 2 heteroatoms. The fraction of sp³-hybridized carbons (Fsp3) is 0.375. The summed E-state index contributed by atoms with van der Waals surface area (Å²) in [6.07, 6.45) is 1.84. The number of hydrogen-bond donors (Lipinski definition) is 0. The minimum absolute atomic E-state index is 0.186. The zero-order valence-corrected chi connectivity index (χ0v) is 13.2. The molecule has 0 bridgehead atoms. The molecule has 1 aromatic carbocycles. The zero-order chi connectivity index (χ0) is 14.0. The van der Waals surface area contributed by atoms with Crippen molar-refractivity contribution in [1.29, 1.82) is 0 Å². The summed E-state index contributed by atoms with van der Waals surface area (Å²) in [4.78, 5) is 0. The Kier molecular flexibility index (Phi) is 4.23. The van der Waals surface area contributed by atoms with Crippen molar-refractivity contribution >= 4 is 20.2 Å². The molecular weight excluding hydrogens is 236 g/mol. The highest BCUT2D eigenvalue weighted by Crippen LogP contribution is 2.39. The smallest absolute Gasteiger partial charge is 0.250 e. The highest BCUT2D eigenvalue weighted by Gasteiger charge is 2.39. The topological polar surface area (TPSA) is 9.23 Å². The van der Waals surface area contributed by atoms with Gasteiger partial charge in [0.15, 0.2) is 0 Å². The van der Waals surface area contributed by atoms with Gasteiger partial charge in [0.05, 0.1) is 0 Å². The van der Waals surface area contributed by atoms with Crippen LogP contribution in [0.3, 0.4) is 0 Å². The molecule has 1 rings (SSSR count). The summed E-state index contributed by atoms with van der Waals surface area (Å²) in [5, 5.41) is 0.186. The van der Waals surface area contributed by atoms with E-state index in [0.717, 1.165) is 16.9 Å². The molecule has 0 amide bonds. The van der Waals surface area contributed by atoms with E-state index < -0.39 is 8.32 Å². The quantitative estimate of drug-likeness (QED) is 0.525. The molecule has 0 fully saturated rings. The van der Waals surface area contributed by atoms with Gasteiger partial charge in [0.1, 0.15) is 5.76 Å². The van der Waals surface area contributed by atoms with Crippen LogP contribution < -0.4 is 0 Å². The molecule has 0 aromatic heterocycles. The van der Waals surface area contributed by atoms with Gasteiger partial charge in [-0.3, -0.25) is 0 Å². The second-order valence-electron chi connectivity index (χ2n) is 6.12. The van der Waals surface area contributed by atoms with Gasteiger partial charge in [-0.05, 0) is 29.8 Å². The Labute approximate surface area is 112 Å². The lowest BCUT2D eigenvalue weighted by Gasteiger charge is -2.37. The van der Waals surface area contributed by atoms with Gasteiger partial charge in [0.25, 0.3) is 0 Å². The largest absolute Gasteiger partial charge is 0.543 e. The van der Waals surface area contributed by atoms with Gasteiger partial charge < -0.3 is 4.43 Å². The molecule has 98 valence electrons. The van der Waals surface area contributed by atoms with E-state index in [1.54, 1.807) is 0 Å². The fourth-order valence-corrected chi connectivity index (χ4v) is 2.40. The van der Waals surface area contributed by atoms with Gasteiger partial charge >= 0.3 is 0 Å². The van der Waals surface area contributed by atoms with Gasteiger partial charge in [-0.2, -0.15) is 0 Å². The van der Waals surface area contributed by atoms with Crippen LogP contribution in [-0.4, -0.2) is 8.32 Å². The van der Waals surface area contributed by atoms with Crippen LogP contribution in [0.5, 0.6) is 0 Å². The van der Waals surface area contributed by atoms with E-state index in [9.17, 15) is 0 Å². The van der Waals surface area contributed by atoms with Crippen LogP contribution in [0, 0.1) is 0 Å². The van der Waals surface area contributed by atoms with Crippen LogP contribution >= 0.6 is 0 Å². The van der Waals surface area contributed by atoms with Crippen molar-refractivity contribution < 1.29 is 4.43 Å². The van der Waals surface area contributed by atoms with Gasteiger partial charge in [0, 0.05) is 5.56 Å². The first-order chi connectivity index (χ1) is 8.17. The van der Waals surface area contributed by atoms with E-state index in [4.69, 9.17) is 4.43 Å². The Bertz CT molecular complexity index is 452. The average molecular weight is 260 g/mol. The van der Waals surface area contributed by atoms with Crippen molar-refractivity contribution in [2.24, 2.45) is 0 Å². The van der Waals surface area contributed by atoms with Crippen LogP contribution in [0.2, 0.25) is 18.1 Å². The first-order valence-electron chi connectivity index (χ1n) is 6.28. The first kappa shape index (κ1) is 14.8. The van der Waals surface area contributed by atoms with Gasteiger partial charge in [0.2, 0.25) is 8.32 Å². The summed E-state index contributed by atoms with van der Waals surface area (Å²) in [5.41, 5.74) is 2.13. The molecule has 1 nitrogen and oxygen atoms in total. The maximum atomic E-state index is 6.20. The number of benzene rings is 1. The van der Waals surface area contributed by atoms with E-state index in [2.05, 4.69) is 53.1 Å². The molecule has 0 unspecified atom stereocenters. The SMILES string of the molecule is C=Cc1cccc(C(=C)O[Si](C)(C)C(C)(C)C)c1. The molecule has 0 N–H and O–H groups in total. The Balaban J connectivity index is 2.92. The molecule has 0 atom stereocenters. The molecule has 0 saturated carbocycles. The van der Waals surface area contributed by atoms with Crippen LogP contribution in [0.4, 0.5) is 0 Å². The fourth-order valence-electron chi connectivity index (χ4n) is 1.36. The summed E-state index contributed by atoms with van der Waals surface area (Å²) in [7, 11) is -1.80. The normalized spacial score (nSPS) is 12.1. The minimum Gasteiger partial charge on any atom is -0.543 e. The minimum atomic E-state index is -1.80. The maximum absolute atomic E-state index is 6.20. The monoisotopic (exact) mass is 260 g/mol. The molecule has 0 aliphatic carbocycles. The van der Waals surface area contributed by atoms with Gasteiger partial charge in [-0.1, -0.05) is 58.2 Å². The van der Waals surface area contributed by atoms with Crippen LogP contribution in [0.25, 0.3) is 11.8 Å². The highest BCUT2D eigenvalue weighted by atomic mass is 28.4. The maximum Gasteiger partial charge on any atom is 0.250 e. The summed E-state index contributed by atoms with van der Waals surface area (Å²) >= 11 is 0. The highest BCUT2D eigenvalue weighted by molar-refractivity contribution is 6.74. The lowest BCUT2D eigenvalue weighted by molar-refractivity contribution is 0.459. The van der Waals surface area contributed by atoms with Crippen molar-refractivity contribution in [1.82, 2.24) is 0 Å². The molecule has 0 saturated heterocycles. The Morgan fingerprint density at radius 1 is 1.28 bits per heavy atom. The predicted octanol–water partition coefficient (Wildman–Crippen LogP) is 5.32. The van der Waals surface area contributed by atoms with Crippen molar-refractivity contribution in [3.63, 3.8) is 0 Å². The van der Waals surface area contributed by atoms with Crippen molar-refractivity contribution in [2.75, 3.05) is 0 Å². The molecular formula is C16H24OSi. The van der Waals surface area contributed by atoms with E-state index in [1.807, 2.05) is 24.3 Å². The summed E-state index contributed by atoms with van der Waals surface area (Å²) in [5.74, 6) is 0.769. The zero-order valence-electron chi connectivity index (χ0n) is 12.2. The second kappa shape index (κ2) is 5.15. The third kappa shape index (κ3) is 3.36. The van der Waals surface area contributed by atoms with Crippen molar-refractivity contribution in [3.8, 4) is 0 Å². The molecule has 0 spiro atoms. The summed E-state index contributed by atoms with van der Waals surface area (Å²) in [6.45, 7) is 19.0. The van der Waals surface area contributed by atoms with Crippen molar-refractivity contribution in [2.45, 2.75) is 38.9 Å². The third-order valence-electron chi connectivity index (χ3n) is 3.63. The number of hydrogen-bond acceptors (Lipinski definition) is 1. The summed E-state index contributed by atoms with van der Waals surface area (Å²) < 4.78 is 6.20. The standard InChI is InChI=1S/C16H24OSi/c1-8-14-10-9-11-15(12-14)13(2)17-18(6,7)16(3,4)5/h8-12H,1-2H2,3-7H3. The molecule has 0 heterocycles. The van der Waals surface area contributed by atoms with E-state index in [0.29, 0.717) is 0 Å². The Morgan fingerprint density at radius 2 is 1.89 bits per heavy atom. The Morgan fingerprint density at radius 3 is 2.39 bits per heavy atom. The lowest BCUT2D eigenvalue weighted by atomic mass is 10.1. The summed E-state index contributed by atoms with van der Waals surface area (Å²) in [6, 6.07) is 8.12.